The first kappa shape index (κ1) is 20.6. The molecule has 0 aliphatic carbocycles. The van der Waals surface area contributed by atoms with Gasteiger partial charge in [0.2, 0.25) is 11.7 Å². The van der Waals surface area contributed by atoms with Crippen molar-refractivity contribution in [3.8, 4) is 0 Å². The smallest absolute Gasteiger partial charge is 0.347 e. The summed E-state index contributed by atoms with van der Waals surface area (Å²) in [6, 6.07) is 10.5. The Labute approximate surface area is 182 Å². The van der Waals surface area contributed by atoms with Crippen molar-refractivity contribution in [2.75, 3.05) is 18.5 Å². The molecule has 1 aliphatic rings. The van der Waals surface area contributed by atoms with Crippen LogP contribution in [-0.4, -0.2) is 40.0 Å². The maximum absolute atomic E-state index is 13.0. The molecule has 158 valence electrons. The fraction of sp³-hybridized carbons (Fsp3) is 0.136. The number of esters is 1. The van der Waals surface area contributed by atoms with Crippen LogP contribution in [0, 0.1) is 0 Å². The van der Waals surface area contributed by atoms with Gasteiger partial charge in [-0.15, -0.1) is 0 Å². The molecule has 0 bridgehead atoms. The van der Waals surface area contributed by atoms with Crippen LogP contribution in [0.1, 0.15) is 12.0 Å². The van der Waals surface area contributed by atoms with Gasteiger partial charge in [0.1, 0.15) is 5.65 Å². The number of halogens is 1. The number of aliphatic hydroxyl groups excluding tert-OH is 1. The van der Waals surface area contributed by atoms with Crippen molar-refractivity contribution in [3.63, 3.8) is 0 Å². The number of nitrogens with zero attached hydrogens (tertiary/aromatic N) is 1. The Bertz CT molecular complexity index is 1210. The van der Waals surface area contributed by atoms with Gasteiger partial charge >= 0.3 is 5.97 Å². The zero-order chi connectivity index (χ0) is 21.8. The van der Waals surface area contributed by atoms with Crippen LogP contribution in [0.2, 0.25) is 5.02 Å². The Morgan fingerprint density at radius 3 is 2.94 bits per heavy atom. The second-order valence-corrected chi connectivity index (χ2v) is 7.01. The summed E-state index contributed by atoms with van der Waals surface area (Å²) in [5.41, 5.74) is 1.52. The van der Waals surface area contributed by atoms with Crippen molar-refractivity contribution in [1.29, 1.82) is 0 Å². The number of allylic oxidation sites excluding steroid dienone is 1. The van der Waals surface area contributed by atoms with Crippen LogP contribution in [0.5, 0.6) is 0 Å². The van der Waals surface area contributed by atoms with E-state index >= 15 is 0 Å². The molecule has 8 nitrogen and oxygen atoms in total. The zero-order valence-corrected chi connectivity index (χ0v) is 17.0. The minimum atomic E-state index is -0.850. The third kappa shape index (κ3) is 4.30. The van der Waals surface area contributed by atoms with E-state index in [1.54, 1.807) is 42.7 Å². The third-order valence-corrected chi connectivity index (χ3v) is 4.85. The maximum Gasteiger partial charge on any atom is 0.347 e. The van der Waals surface area contributed by atoms with Crippen LogP contribution in [0.3, 0.4) is 0 Å². The van der Waals surface area contributed by atoms with Crippen LogP contribution in [-0.2, 0) is 19.1 Å². The number of hydrogen-bond donors (Lipinski definition) is 3. The van der Waals surface area contributed by atoms with E-state index in [4.69, 9.17) is 26.2 Å². The summed E-state index contributed by atoms with van der Waals surface area (Å²) in [5, 5.41) is 13.0. The lowest BCUT2D eigenvalue weighted by Gasteiger charge is -2.10. The van der Waals surface area contributed by atoms with Gasteiger partial charge in [0.15, 0.2) is 11.3 Å². The SMILES string of the molecule is O=C(OCCCO)C1=C(Nc2ccccc2Cl)OC(=Cc2c[nH]c3ncccc23)C1=O. The number of ether oxygens (including phenoxy) is 2. The summed E-state index contributed by atoms with van der Waals surface area (Å²) < 4.78 is 10.8. The molecular formula is C22H18ClN3O5. The number of aliphatic hydroxyl groups is 1. The summed E-state index contributed by atoms with van der Waals surface area (Å²) in [4.78, 5) is 32.9. The molecule has 0 fully saturated rings. The number of benzene rings is 1. The highest BCUT2D eigenvalue weighted by molar-refractivity contribution is 6.33. The topological polar surface area (TPSA) is 114 Å². The molecule has 0 saturated carbocycles. The number of hydrogen-bond acceptors (Lipinski definition) is 7. The largest absolute Gasteiger partial charge is 0.462 e. The number of nitrogens with one attached hydrogen (secondary N) is 2. The van der Waals surface area contributed by atoms with Crippen molar-refractivity contribution < 1.29 is 24.2 Å². The summed E-state index contributed by atoms with van der Waals surface area (Å²) in [5.74, 6) is -1.59. The monoisotopic (exact) mass is 439 g/mol. The summed E-state index contributed by atoms with van der Waals surface area (Å²) in [7, 11) is 0. The maximum atomic E-state index is 13.0. The quantitative estimate of drug-likeness (QED) is 0.224. The number of Topliss-reactive ketones (excluding diaryl/α,β-unsaturated/α-hetero) is 1. The van der Waals surface area contributed by atoms with E-state index in [0.29, 0.717) is 21.9 Å². The number of carbonyl (C=O) groups excluding carboxylic acids is 2. The molecule has 3 N–H and O–H groups in total. The number of H-pyrrole nitrogens is 1. The number of anilines is 1. The van der Waals surface area contributed by atoms with Crippen molar-refractivity contribution in [2.45, 2.75) is 6.42 Å². The second-order valence-electron chi connectivity index (χ2n) is 6.61. The van der Waals surface area contributed by atoms with Crippen LogP contribution in [0.15, 0.2) is 66.0 Å². The molecule has 1 aromatic carbocycles. The van der Waals surface area contributed by atoms with Gasteiger partial charge in [-0.1, -0.05) is 23.7 Å². The minimum absolute atomic E-state index is 0.0291. The molecule has 0 radical (unpaired) electrons. The predicted molar refractivity (Wildman–Crippen MR) is 115 cm³/mol. The molecule has 0 saturated heterocycles. The van der Waals surface area contributed by atoms with E-state index < -0.39 is 11.8 Å². The first-order chi connectivity index (χ1) is 15.1. The Hall–Kier alpha value is -3.62. The fourth-order valence-electron chi connectivity index (χ4n) is 3.03. The molecule has 31 heavy (non-hydrogen) atoms. The van der Waals surface area contributed by atoms with E-state index in [9.17, 15) is 9.59 Å². The highest BCUT2D eigenvalue weighted by Crippen LogP contribution is 2.32. The lowest BCUT2D eigenvalue weighted by molar-refractivity contribution is -0.140. The number of aromatic nitrogens is 2. The van der Waals surface area contributed by atoms with Gasteiger partial charge in [-0.05, 0) is 30.3 Å². The Kier molecular flexibility index (Phi) is 6.01. The van der Waals surface area contributed by atoms with E-state index in [1.807, 2.05) is 6.07 Å². The normalized spacial score (nSPS) is 14.9. The van der Waals surface area contributed by atoms with Crippen molar-refractivity contribution >= 4 is 46.2 Å². The van der Waals surface area contributed by atoms with Gasteiger partial charge < -0.3 is 24.9 Å². The van der Waals surface area contributed by atoms with Gasteiger partial charge in [-0.3, -0.25) is 4.79 Å². The first-order valence-corrected chi connectivity index (χ1v) is 9.86. The van der Waals surface area contributed by atoms with Crippen molar-refractivity contribution in [2.24, 2.45) is 0 Å². The molecule has 0 atom stereocenters. The van der Waals surface area contributed by atoms with Gasteiger partial charge in [-0.25, -0.2) is 9.78 Å². The number of aromatic amines is 1. The van der Waals surface area contributed by atoms with Gasteiger partial charge in [0, 0.05) is 36.4 Å². The average molecular weight is 440 g/mol. The van der Waals surface area contributed by atoms with Crippen LogP contribution in [0.4, 0.5) is 5.69 Å². The lowest BCUT2D eigenvalue weighted by Crippen LogP contribution is -2.17. The number of carbonyl (C=O) groups is 2. The average Bonchev–Trinajstić information content (AvgIpc) is 3.31. The van der Waals surface area contributed by atoms with Crippen LogP contribution in [0.25, 0.3) is 17.1 Å². The number of para-hydroxylation sites is 1. The predicted octanol–water partition coefficient (Wildman–Crippen LogP) is 3.41. The van der Waals surface area contributed by atoms with Gasteiger partial charge in [0.05, 0.1) is 17.3 Å². The Balaban J connectivity index is 1.68. The molecule has 0 amide bonds. The zero-order valence-electron chi connectivity index (χ0n) is 16.2. The molecule has 3 aromatic rings. The number of rotatable bonds is 7. The van der Waals surface area contributed by atoms with Crippen LogP contribution < -0.4 is 5.32 Å². The lowest BCUT2D eigenvalue weighted by atomic mass is 10.1. The van der Waals surface area contributed by atoms with Crippen LogP contribution >= 0.6 is 11.6 Å². The van der Waals surface area contributed by atoms with Crippen molar-refractivity contribution in [3.05, 3.63) is 76.6 Å². The summed E-state index contributed by atoms with van der Waals surface area (Å²) in [6.45, 7) is -0.167. The van der Waals surface area contributed by atoms with Gasteiger partial charge in [0.25, 0.3) is 0 Å². The fourth-order valence-corrected chi connectivity index (χ4v) is 3.21. The second kappa shape index (κ2) is 9.03. The number of pyridine rings is 1. The standard InChI is InChI=1S/C22H18ClN3O5/c23-15-6-1-2-7-16(15)26-21-18(22(29)30-10-4-9-27)19(28)17(31-21)11-13-12-25-20-14(13)5-3-8-24-20/h1-3,5-8,11-12,26-27H,4,9-10H2,(H,24,25). The Morgan fingerprint density at radius 2 is 2.13 bits per heavy atom. The van der Waals surface area contributed by atoms with E-state index in [1.165, 1.54) is 6.08 Å². The highest BCUT2D eigenvalue weighted by Gasteiger charge is 2.37. The molecule has 0 spiro atoms. The third-order valence-electron chi connectivity index (χ3n) is 4.52. The molecule has 4 rings (SSSR count). The highest BCUT2D eigenvalue weighted by atomic mass is 35.5. The number of fused-ring (bicyclic) bond motifs is 1. The summed E-state index contributed by atoms with van der Waals surface area (Å²) in [6.07, 6.45) is 5.14. The van der Waals surface area contributed by atoms with E-state index in [2.05, 4.69) is 15.3 Å². The minimum Gasteiger partial charge on any atom is -0.462 e. The molecule has 2 aromatic heterocycles. The van der Waals surface area contributed by atoms with Crippen molar-refractivity contribution in [1.82, 2.24) is 9.97 Å². The molecule has 1 aliphatic heterocycles. The molecule has 9 heteroatoms. The van der Waals surface area contributed by atoms with E-state index in [-0.39, 0.29) is 36.8 Å². The first-order valence-electron chi connectivity index (χ1n) is 9.48. The molecule has 3 heterocycles. The summed E-state index contributed by atoms with van der Waals surface area (Å²) >= 11 is 6.19. The number of ketones is 1. The molecule has 0 unspecified atom stereocenters. The van der Waals surface area contributed by atoms with Gasteiger partial charge in [-0.2, -0.15) is 0 Å². The Morgan fingerprint density at radius 1 is 1.29 bits per heavy atom. The molecular weight excluding hydrogens is 422 g/mol. The van der Waals surface area contributed by atoms with E-state index in [0.717, 1.165) is 5.39 Å².